The number of anilines is 2. The number of rotatable bonds is 3. The Morgan fingerprint density at radius 1 is 1.22 bits per heavy atom. The van der Waals surface area contributed by atoms with Crippen molar-refractivity contribution in [3.8, 4) is 0 Å². The van der Waals surface area contributed by atoms with Gasteiger partial charge in [0.15, 0.2) is 0 Å². The second-order valence-corrected chi connectivity index (χ2v) is 4.02. The Morgan fingerprint density at radius 2 is 2.00 bits per heavy atom. The molecule has 0 amide bonds. The summed E-state index contributed by atoms with van der Waals surface area (Å²) in [5.74, 6) is -1.02. The fourth-order valence-corrected chi connectivity index (χ4v) is 1.53. The highest BCUT2D eigenvalue weighted by Gasteiger charge is 2.06. The highest BCUT2D eigenvalue weighted by Crippen LogP contribution is 2.20. The summed E-state index contributed by atoms with van der Waals surface area (Å²) in [7, 11) is 0. The molecule has 92 valence electrons. The number of hydrogen-bond acceptors (Lipinski definition) is 3. The molecule has 1 aromatic carbocycles. The maximum Gasteiger partial charge on any atom is 0.147 e. The number of thiocarbonyl (C=S) groups is 1. The van der Waals surface area contributed by atoms with Gasteiger partial charge >= 0.3 is 0 Å². The van der Waals surface area contributed by atoms with E-state index in [2.05, 4.69) is 10.3 Å². The lowest BCUT2D eigenvalue weighted by Gasteiger charge is -2.08. The average Bonchev–Trinajstić information content (AvgIpc) is 2.31. The molecule has 0 unspecified atom stereocenters. The first-order valence-corrected chi connectivity index (χ1v) is 5.44. The zero-order valence-corrected chi connectivity index (χ0v) is 9.97. The van der Waals surface area contributed by atoms with Crippen molar-refractivity contribution in [2.24, 2.45) is 5.73 Å². The highest BCUT2D eigenvalue weighted by molar-refractivity contribution is 7.80. The van der Waals surface area contributed by atoms with Crippen molar-refractivity contribution >= 4 is 28.6 Å². The predicted molar refractivity (Wildman–Crippen MR) is 69.8 cm³/mol. The summed E-state index contributed by atoms with van der Waals surface area (Å²) >= 11 is 4.74. The summed E-state index contributed by atoms with van der Waals surface area (Å²) < 4.78 is 26.6. The fraction of sp³-hybridized carbons (Fsp3) is 0. The molecule has 0 atom stereocenters. The first kappa shape index (κ1) is 12.4. The fourth-order valence-electron chi connectivity index (χ4n) is 1.41. The van der Waals surface area contributed by atoms with Gasteiger partial charge in [0, 0.05) is 11.6 Å². The van der Waals surface area contributed by atoms with Crippen molar-refractivity contribution < 1.29 is 8.78 Å². The molecule has 0 spiro atoms. The molecule has 0 radical (unpaired) electrons. The van der Waals surface area contributed by atoms with Gasteiger partial charge in [-0.2, -0.15) is 0 Å². The lowest BCUT2D eigenvalue weighted by atomic mass is 10.2. The minimum Gasteiger partial charge on any atom is -0.389 e. The standard InChI is InChI=1S/C12H9F2N3S/c13-8-4-9(6-16-5-8)17-11-2-1-7(12(15)18)3-10(11)14/h1-6,17H,(H2,15,18). The Kier molecular flexibility index (Phi) is 3.47. The molecule has 1 heterocycles. The van der Waals surface area contributed by atoms with E-state index in [0.29, 0.717) is 11.3 Å². The van der Waals surface area contributed by atoms with E-state index in [9.17, 15) is 8.78 Å². The highest BCUT2D eigenvalue weighted by atomic mass is 32.1. The molecule has 1 aromatic heterocycles. The van der Waals surface area contributed by atoms with Crippen LogP contribution in [0.5, 0.6) is 0 Å². The van der Waals surface area contributed by atoms with Gasteiger partial charge in [-0.05, 0) is 18.2 Å². The molecule has 0 aliphatic heterocycles. The van der Waals surface area contributed by atoms with E-state index in [1.165, 1.54) is 24.4 Å². The number of hydrogen-bond donors (Lipinski definition) is 2. The third-order valence-corrected chi connectivity index (χ3v) is 2.47. The van der Waals surface area contributed by atoms with Crippen molar-refractivity contribution in [1.82, 2.24) is 4.98 Å². The number of nitrogens with zero attached hydrogens (tertiary/aromatic N) is 1. The van der Waals surface area contributed by atoms with E-state index in [0.717, 1.165) is 6.20 Å². The molecule has 0 fully saturated rings. The van der Waals surface area contributed by atoms with Crippen molar-refractivity contribution in [2.75, 3.05) is 5.32 Å². The van der Waals surface area contributed by atoms with Crippen LogP contribution >= 0.6 is 12.2 Å². The summed E-state index contributed by atoms with van der Waals surface area (Å²) in [5.41, 5.74) is 6.38. The molecule has 2 aromatic rings. The van der Waals surface area contributed by atoms with Gasteiger partial charge in [0.05, 0.1) is 23.8 Å². The Labute approximate surface area is 108 Å². The molecule has 18 heavy (non-hydrogen) atoms. The monoisotopic (exact) mass is 265 g/mol. The molecule has 0 saturated carbocycles. The Balaban J connectivity index is 2.27. The molecular formula is C12H9F2N3S. The van der Waals surface area contributed by atoms with Gasteiger partial charge in [0.25, 0.3) is 0 Å². The van der Waals surface area contributed by atoms with E-state index >= 15 is 0 Å². The van der Waals surface area contributed by atoms with Gasteiger partial charge in [-0.1, -0.05) is 12.2 Å². The molecule has 0 bridgehead atoms. The van der Waals surface area contributed by atoms with Crippen molar-refractivity contribution in [3.05, 3.63) is 53.9 Å². The van der Waals surface area contributed by atoms with Crippen LogP contribution in [0.4, 0.5) is 20.2 Å². The normalized spacial score (nSPS) is 10.1. The summed E-state index contributed by atoms with van der Waals surface area (Å²) in [4.78, 5) is 3.77. The van der Waals surface area contributed by atoms with Crippen LogP contribution < -0.4 is 11.1 Å². The summed E-state index contributed by atoms with van der Waals surface area (Å²) in [6.07, 6.45) is 2.46. The summed E-state index contributed by atoms with van der Waals surface area (Å²) in [6, 6.07) is 5.50. The molecule has 6 heteroatoms. The number of benzene rings is 1. The number of nitrogens with one attached hydrogen (secondary N) is 1. The van der Waals surface area contributed by atoms with Gasteiger partial charge in [0.1, 0.15) is 16.6 Å². The Morgan fingerprint density at radius 3 is 2.61 bits per heavy atom. The quantitative estimate of drug-likeness (QED) is 0.838. The second-order valence-electron chi connectivity index (χ2n) is 3.58. The predicted octanol–water partition coefficient (Wildman–Crippen LogP) is 2.74. The average molecular weight is 265 g/mol. The van der Waals surface area contributed by atoms with E-state index in [1.807, 2.05) is 0 Å². The van der Waals surface area contributed by atoms with E-state index < -0.39 is 11.6 Å². The number of pyridine rings is 1. The topological polar surface area (TPSA) is 50.9 Å². The summed E-state index contributed by atoms with van der Waals surface area (Å²) in [6.45, 7) is 0. The van der Waals surface area contributed by atoms with Crippen LogP contribution in [-0.2, 0) is 0 Å². The minimum absolute atomic E-state index is 0.118. The maximum atomic E-state index is 13.7. The van der Waals surface area contributed by atoms with Crippen LogP contribution in [-0.4, -0.2) is 9.97 Å². The van der Waals surface area contributed by atoms with E-state index in [4.69, 9.17) is 18.0 Å². The molecule has 0 aliphatic rings. The van der Waals surface area contributed by atoms with Gasteiger partial charge in [-0.15, -0.1) is 0 Å². The van der Waals surface area contributed by atoms with Gasteiger partial charge in [-0.25, -0.2) is 8.78 Å². The molecule has 2 rings (SSSR count). The van der Waals surface area contributed by atoms with Gasteiger partial charge in [-0.3, -0.25) is 4.98 Å². The maximum absolute atomic E-state index is 13.7. The third kappa shape index (κ3) is 2.78. The Hall–Kier alpha value is -2.08. The third-order valence-electron chi connectivity index (χ3n) is 2.24. The number of nitrogens with two attached hydrogens (primary N) is 1. The first-order valence-electron chi connectivity index (χ1n) is 5.03. The smallest absolute Gasteiger partial charge is 0.147 e. The van der Waals surface area contributed by atoms with Crippen molar-refractivity contribution in [3.63, 3.8) is 0 Å². The lowest BCUT2D eigenvalue weighted by Crippen LogP contribution is -2.09. The minimum atomic E-state index is -0.524. The van der Waals surface area contributed by atoms with Crippen LogP contribution in [0.2, 0.25) is 0 Å². The SMILES string of the molecule is NC(=S)c1ccc(Nc2cncc(F)c2)c(F)c1. The molecule has 0 aliphatic carbocycles. The van der Waals surface area contributed by atoms with E-state index in [1.54, 1.807) is 6.07 Å². The van der Waals surface area contributed by atoms with Crippen LogP contribution in [0.3, 0.4) is 0 Å². The van der Waals surface area contributed by atoms with E-state index in [-0.39, 0.29) is 10.7 Å². The lowest BCUT2D eigenvalue weighted by molar-refractivity contribution is 0.621. The molecule has 3 nitrogen and oxygen atoms in total. The summed E-state index contributed by atoms with van der Waals surface area (Å²) in [5, 5.41) is 2.72. The first-order chi connectivity index (χ1) is 8.56. The molecule has 0 saturated heterocycles. The van der Waals surface area contributed by atoms with Crippen LogP contribution in [0.15, 0.2) is 36.7 Å². The van der Waals surface area contributed by atoms with Gasteiger partial charge < -0.3 is 11.1 Å². The Bertz CT molecular complexity index is 602. The zero-order chi connectivity index (χ0) is 13.1. The van der Waals surface area contributed by atoms with Crippen molar-refractivity contribution in [2.45, 2.75) is 0 Å². The molecular weight excluding hydrogens is 256 g/mol. The van der Waals surface area contributed by atoms with Crippen molar-refractivity contribution in [1.29, 1.82) is 0 Å². The van der Waals surface area contributed by atoms with Crippen LogP contribution in [0, 0.1) is 11.6 Å². The molecule has 3 N–H and O–H groups in total. The van der Waals surface area contributed by atoms with Crippen LogP contribution in [0.25, 0.3) is 0 Å². The van der Waals surface area contributed by atoms with Crippen LogP contribution in [0.1, 0.15) is 5.56 Å². The number of aromatic nitrogens is 1. The zero-order valence-electron chi connectivity index (χ0n) is 9.15. The number of halogens is 2. The largest absolute Gasteiger partial charge is 0.389 e. The second kappa shape index (κ2) is 5.05. The van der Waals surface area contributed by atoms with Gasteiger partial charge in [0.2, 0.25) is 0 Å².